The third-order valence-electron chi connectivity index (χ3n) is 7.27. The van der Waals surface area contributed by atoms with Crippen LogP contribution in [0.15, 0.2) is 42.5 Å². The lowest BCUT2D eigenvalue weighted by atomic mass is 10.1. The molecule has 8 nitrogen and oxygen atoms in total. The van der Waals surface area contributed by atoms with E-state index in [0.29, 0.717) is 71.0 Å². The summed E-state index contributed by atoms with van der Waals surface area (Å²) in [4.78, 5) is 30.4. The number of rotatable bonds is 6. The maximum atomic E-state index is 13.4. The van der Waals surface area contributed by atoms with Crippen LogP contribution in [0.1, 0.15) is 24.0 Å². The number of anilines is 2. The number of nitrogens with zero attached hydrogens (tertiary/aromatic N) is 5. The highest BCUT2D eigenvalue weighted by atomic mass is 19.4. The second-order valence-electron chi connectivity index (χ2n) is 9.80. The molecule has 0 radical (unpaired) electrons. The Morgan fingerprint density at radius 3 is 1.98 bits per heavy atom. The molecule has 0 saturated carbocycles. The van der Waals surface area contributed by atoms with Gasteiger partial charge in [-0.15, -0.1) is 0 Å². The summed E-state index contributed by atoms with van der Waals surface area (Å²) in [6, 6.07) is 8.02. The smallest absolute Gasteiger partial charge is 0.370 e. The number of hydrogen-bond acceptors (Lipinski definition) is 6. The van der Waals surface area contributed by atoms with Crippen LogP contribution in [0.5, 0.6) is 0 Å². The molecule has 1 amide bonds. The van der Waals surface area contributed by atoms with E-state index in [9.17, 15) is 41.3 Å². The standard InChI is InChI=1S/C26H29F6N5O3/c27-25(28,29)19-2-4-20(5-3-19)35-14-12-33(13-15-35)11-8-24(38)36-10-1-9-34(16-17-36)21-6-7-23(37(39)40)22(18-21)26(30,31)32/h2-7,18H,1,8-17H2. The number of alkyl halides is 6. The molecule has 0 spiro atoms. The zero-order valence-electron chi connectivity index (χ0n) is 21.5. The number of nitro groups is 1. The third kappa shape index (κ3) is 7.14. The van der Waals surface area contributed by atoms with E-state index in [1.807, 2.05) is 4.90 Å². The van der Waals surface area contributed by atoms with E-state index in [-0.39, 0.29) is 18.0 Å². The Morgan fingerprint density at radius 2 is 1.38 bits per heavy atom. The van der Waals surface area contributed by atoms with E-state index < -0.39 is 34.1 Å². The van der Waals surface area contributed by atoms with Gasteiger partial charge < -0.3 is 14.7 Å². The van der Waals surface area contributed by atoms with Crippen LogP contribution in [-0.4, -0.2) is 79.5 Å². The van der Waals surface area contributed by atoms with Crippen LogP contribution in [0.3, 0.4) is 0 Å². The van der Waals surface area contributed by atoms with Crippen LogP contribution in [0.2, 0.25) is 0 Å². The summed E-state index contributed by atoms with van der Waals surface area (Å²) in [6.45, 7) is 4.55. The molecule has 2 aliphatic heterocycles. The Morgan fingerprint density at radius 1 is 0.775 bits per heavy atom. The average molecular weight is 574 g/mol. The van der Waals surface area contributed by atoms with Crippen molar-refractivity contribution >= 4 is 23.0 Å². The molecule has 4 rings (SSSR count). The van der Waals surface area contributed by atoms with Crippen molar-refractivity contribution in [1.82, 2.24) is 9.80 Å². The van der Waals surface area contributed by atoms with E-state index in [2.05, 4.69) is 4.90 Å². The van der Waals surface area contributed by atoms with Crippen LogP contribution in [0.25, 0.3) is 0 Å². The lowest BCUT2D eigenvalue weighted by Gasteiger charge is -2.36. The van der Waals surface area contributed by atoms with Crippen LogP contribution >= 0.6 is 0 Å². The fraction of sp³-hybridized carbons (Fsp3) is 0.500. The number of halogens is 6. The van der Waals surface area contributed by atoms with Crippen molar-refractivity contribution in [1.29, 1.82) is 0 Å². The monoisotopic (exact) mass is 573 g/mol. The van der Waals surface area contributed by atoms with Crippen molar-refractivity contribution in [2.24, 2.45) is 0 Å². The molecule has 0 aliphatic carbocycles. The van der Waals surface area contributed by atoms with Gasteiger partial charge in [-0.25, -0.2) is 0 Å². The first kappa shape index (κ1) is 29.4. The molecule has 2 aliphatic rings. The highest BCUT2D eigenvalue weighted by Gasteiger charge is 2.39. The number of nitro benzene ring substituents is 1. The third-order valence-corrected chi connectivity index (χ3v) is 7.27. The summed E-state index contributed by atoms with van der Waals surface area (Å²) in [7, 11) is 0. The minimum atomic E-state index is -4.87. The highest BCUT2D eigenvalue weighted by molar-refractivity contribution is 5.76. The second kappa shape index (κ2) is 11.9. The summed E-state index contributed by atoms with van der Waals surface area (Å²) in [6.07, 6.45) is -8.43. The van der Waals surface area contributed by atoms with Crippen LogP contribution in [0.4, 0.5) is 43.4 Å². The molecule has 0 N–H and O–H groups in total. The molecule has 2 aromatic rings. The lowest BCUT2D eigenvalue weighted by Crippen LogP contribution is -2.47. The molecule has 2 fully saturated rings. The first-order valence-corrected chi connectivity index (χ1v) is 12.9. The Hall–Kier alpha value is -3.55. The van der Waals surface area contributed by atoms with Gasteiger partial charge in [-0.2, -0.15) is 26.3 Å². The van der Waals surface area contributed by atoms with Crippen molar-refractivity contribution in [3.8, 4) is 0 Å². The average Bonchev–Trinajstić information content (AvgIpc) is 3.17. The minimum absolute atomic E-state index is 0.0632. The molecule has 0 aromatic heterocycles. The first-order valence-electron chi connectivity index (χ1n) is 12.9. The van der Waals surface area contributed by atoms with Gasteiger partial charge in [0, 0.05) is 82.8 Å². The van der Waals surface area contributed by atoms with Gasteiger partial charge in [-0.3, -0.25) is 19.8 Å². The van der Waals surface area contributed by atoms with Gasteiger partial charge in [0.05, 0.1) is 10.5 Å². The number of carbonyl (C=O) groups is 1. The number of carbonyl (C=O) groups excluding carboxylic acids is 1. The second-order valence-corrected chi connectivity index (χ2v) is 9.80. The summed E-state index contributed by atoms with van der Waals surface area (Å²) in [5.41, 5.74) is -2.05. The molecule has 0 bridgehead atoms. The Kier molecular flexibility index (Phi) is 8.76. The zero-order chi connectivity index (χ0) is 29.1. The molecular formula is C26H29F6N5O3. The lowest BCUT2D eigenvalue weighted by molar-refractivity contribution is -0.388. The van der Waals surface area contributed by atoms with E-state index in [1.54, 1.807) is 9.80 Å². The molecule has 40 heavy (non-hydrogen) atoms. The fourth-order valence-corrected chi connectivity index (χ4v) is 5.03. The van der Waals surface area contributed by atoms with Crippen molar-refractivity contribution in [3.05, 3.63) is 63.7 Å². The van der Waals surface area contributed by atoms with E-state index in [0.717, 1.165) is 24.3 Å². The number of hydrogen-bond donors (Lipinski definition) is 0. The predicted octanol–water partition coefficient (Wildman–Crippen LogP) is 4.88. The summed E-state index contributed by atoms with van der Waals surface area (Å²) in [5, 5.41) is 11.0. The Bertz CT molecular complexity index is 1200. The molecule has 0 atom stereocenters. The van der Waals surface area contributed by atoms with Gasteiger partial charge in [-0.1, -0.05) is 0 Å². The fourth-order valence-electron chi connectivity index (χ4n) is 5.03. The predicted molar refractivity (Wildman–Crippen MR) is 136 cm³/mol. The molecule has 0 unspecified atom stereocenters. The summed E-state index contributed by atoms with van der Waals surface area (Å²) < 4.78 is 78.5. The van der Waals surface area contributed by atoms with Crippen molar-refractivity contribution in [2.75, 3.05) is 68.7 Å². The van der Waals surface area contributed by atoms with Crippen molar-refractivity contribution < 1.29 is 36.1 Å². The highest BCUT2D eigenvalue weighted by Crippen LogP contribution is 2.38. The van der Waals surface area contributed by atoms with E-state index in [4.69, 9.17) is 0 Å². The van der Waals surface area contributed by atoms with Crippen LogP contribution in [-0.2, 0) is 17.1 Å². The van der Waals surface area contributed by atoms with Crippen molar-refractivity contribution in [2.45, 2.75) is 25.2 Å². The maximum absolute atomic E-state index is 13.4. The van der Waals surface area contributed by atoms with Gasteiger partial charge in [0.25, 0.3) is 5.69 Å². The SMILES string of the molecule is O=C(CCN1CCN(c2ccc(C(F)(F)F)cc2)CC1)N1CCCN(c2ccc([N+](=O)[O-])c(C(F)(F)F)c2)CC1. The Labute approximate surface area is 226 Å². The quantitative estimate of drug-likeness (QED) is 0.279. The van der Waals surface area contributed by atoms with Crippen LogP contribution < -0.4 is 9.80 Å². The van der Waals surface area contributed by atoms with Gasteiger partial charge in [0.1, 0.15) is 5.56 Å². The van der Waals surface area contributed by atoms with Gasteiger partial charge in [0.15, 0.2) is 0 Å². The van der Waals surface area contributed by atoms with Gasteiger partial charge in [-0.05, 0) is 42.8 Å². The summed E-state index contributed by atoms with van der Waals surface area (Å²) >= 11 is 0. The largest absolute Gasteiger partial charge is 0.423 e. The van der Waals surface area contributed by atoms with E-state index in [1.165, 1.54) is 18.2 Å². The molecule has 218 valence electrons. The number of benzene rings is 2. The molecule has 2 saturated heterocycles. The zero-order valence-corrected chi connectivity index (χ0v) is 21.5. The molecule has 2 heterocycles. The number of amides is 1. The Balaban J connectivity index is 1.26. The number of piperazine rings is 1. The van der Waals surface area contributed by atoms with Gasteiger partial charge in [0.2, 0.25) is 5.91 Å². The van der Waals surface area contributed by atoms with Gasteiger partial charge >= 0.3 is 12.4 Å². The topological polar surface area (TPSA) is 73.2 Å². The summed E-state index contributed by atoms with van der Waals surface area (Å²) in [5.74, 6) is -0.0632. The molecule has 2 aromatic carbocycles. The van der Waals surface area contributed by atoms with Crippen LogP contribution in [0, 0.1) is 10.1 Å². The maximum Gasteiger partial charge on any atom is 0.423 e. The molecule has 14 heteroatoms. The minimum Gasteiger partial charge on any atom is -0.370 e. The van der Waals surface area contributed by atoms with Crippen molar-refractivity contribution in [3.63, 3.8) is 0 Å². The van der Waals surface area contributed by atoms with E-state index >= 15 is 0 Å². The first-order chi connectivity index (χ1) is 18.8. The molecular weight excluding hydrogens is 544 g/mol. The normalized spacial score (nSPS) is 17.6.